The number of allylic oxidation sites excluding steroid dienone is 3. The number of hydrazine groups is 1. The number of aliphatic hydroxyl groups is 1. The van der Waals surface area contributed by atoms with Crippen LogP contribution in [0.5, 0.6) is 0 Å². The lowest BCUT2D eigenvalue weighted by molar-refractivity contribution is -0.117. The summed E-state index contributed by atoms with van der Waals surface area (Å²) in [6.45, 7) is 3.12. The molecule has 200 valence electrons. The molecule has 2 N–H and O–H groups in total. The number of carbonyl (C=O) groups is 1. The highest BCUT2D eigenvalue weighted by Crippen LogP contribution is 2.42. The first-order valence-electron chi connectivity index (χ1n) is 12.4. The summed E-state index contributed by atoms with van der Waals surface area (Å²) in [4.78, 5) is 18.8. The minimum absolute atomic E-state index is 0.0226. The average Bonchev–Trinajstić information content (AvgIpc) is 3.44. The van der Waals surface area contributed by atoms with Crippen molar-refractivity contribution in [3.05, 3.63) is 77.1 Å². The first kappa shape index (κ1) is 26.5. The molecule has 5 atom stereocenters. The van der Waals surface area contributed by atoms with Gasteiger partial charge in [0.15, 0.2) is 0 Å². The number of hydrogen-bond donors (Lipinski definition) is 2. The van der Waals surface area contributed by atoms with E-state index < -0.39 is 24.1 Å². The second-order valence-electron chi connectivity index (χ2n) is 10.1. The predicted octanol–water partition coefficient (Wildman–Crippen LogP) is 5.69. The van der Waals surface area contributed by atoms with Crippen molar-refractivity contribution in [2.45, 2.75) is 45.0 Å². The van der Waals surface area contributed by atoms with Gasteiger partial charge in [-0.25, -0.2) is 18.6 Å². The van der Waals surface area contributed by atoms with E-state index in [0.29, 0.717) is 24.2 Å². The van der Waals surface area contributed by atoms with E-state index in [1.165, 1.54) is 18.3 Å². The monoisotopic (exact) mass is 544 g/mol. The van der Waals surface area contributed by atoms with Crippen molar-refractivity contribution in [2.24, 2.45) is 22.7 Å². The minimum Gasteiger partial charge on any atom is -0.367 e. The molecule has 0 spiro atoms. The molecule has 1 saturated heterocycles. The Morgan fingerprint density at radius 2 is 1.92 bits per heavy atom. The number of nitrogens with one attached hydrogen (secondary N) is 1. The maximum atomic E-state index is 13.6. The molecule has 38 heavy (non-hydrogen) atoms. The number of rotatable bonds is 6. The number of aliphatic hydroxyl groups excluding tert-OH is 1. The van der Waals surface area contributed by atoms with Crippen LogP contribution in [0.3, 0.4) is 0 Å². The largest absolute Gasteiger partial charge is 0.367 e. The highest BCUT2D eigenvalue weighted by molar-refractivity contribution is 6.31. The third kappa shape index (κ3) is 5.10. The molecule has 3 aliphatic rings. The van der Waals surface area contributed by atoms with Crippen LogP contribution in [0, 0.1) is 23.6 Å². The molecule has 2 aromatic rings. The molecule has 2 aliphatic heterocycles. The van der Waals surface area contributed by atoms with E-state index in [4.69, 9.17) is 11.6 Å². The minimum atomic E-state index is -3.40. The van der Waals surface area contributed by atoms with E-state index >= 15 is 0 Å². The molecule has 0 bridgehead atoms. The van der Waals surface area contributed by atoms with Crippen LogP contribution in [0.2, 0.25) is 0 Å². The number of aliphatic imine (C=N–C) groups is 1. The topological polar surface area (TPSA) is 68.2 Å². The lowest BCUT2D eigenvalue weighted by Crippen LogP contribution is -2.43. The number of halogens is 4. The molecule has 2 heterocycles. The first-order valence-corrected chi connectivity index (χ1v) is 12.8. The summed E-state index contributed by atoms with van der Waals surface area (Å²) >= 11 is 6.34. The van der Waals surface area contributed by atoms with Gasteiger partial charge in [-0.2, -0.15) is 0 Å². The van der Waals surface area contributed by atoms with Gasteiger partial charge in [0.1, 0.15) is 5.82 Å². The summed E-state index contributed by atoms with van der Waals surface area (Å²) < 4.78 is 40.5. The summed E-state index contributed by atoms with van der Waals surface area (Å²) in [7, 11) is 0. The molecular formula is C28H28ClF3N4O2. The number of hydrogen-bond acceptors (Lipinski definition) is 5. The van der Waals surface area contributed by atoms with Crippen LogP contribution >= 0.6 is 11.6 Å². The third-order valence-corrected chi connectivity index (χ3v) is 7.55. The average molecular weight is 545 g/mol. The van der Waals surface area contributed by atoms with Gasteiger partial charge in [-0.15, -0.1) is 0 Å². The van der Waals surface area contributed by atoms with Gasteiger partial charge in [-0.1, -0.05) is 30.7 Å². The van der Waals surface area contributed by atoms with Crippen LogP contribution in [0.25, 0.3) is 0 Å². The van der Waals surface area contributed by atoms with Crippen LogP contribution in [-0.2, 0) is 11.3 Å². The fraction of sp³-hybridized carbons (Fsp3) is 0.357. The SMILES string of the molecule is CC1C=CC(Cl)=CC1[C@@H]1C(C=NC(O)C(C)(F)F)CC(=O)N1c1ccc2c(c1)CNN2c1ccc(F)cc1. The number of anilines is 3. The van der Waals surface area contributed by atoms with E-state index in [2.05, 4.69) is 10.4 Å². The lowest BCUT2D eigenvalue weighted by Gasteiger charge is -2.36. The van der Waals surface area contributed by atoms with Crippen LogP contribution in [0.15, 0.2) is 70.7 Å². The Labute approximate surface area is 224 Å². The van der Waals surface area contributed by atoms with E-state index in [1.54, 1.807) is 23.1 Å². The van der Waals surface area contributed by atoms with Gasteiger partial charge in [0.2, 0.25) is 12.1 Å². The Bertz CT molecular complexity index is 1310. The van der Waals surface area contributed by atoms with Crippen LogP contribution in [-0.4, -0.2) is 35.4 Å². The van der Waals surface area contributed by atoms with Crippen molar-refractivity contribution in [1.82, 2.24) is 5.43 Å². The Balaban J connectivity index is 1.49. The van der Waals surface area contributed by atoms with Gasteiger partial charge in [-0.05, 0) is 60.0 Å². The molecule has 0 radical (unpaired) electrons. The van der Waals surface area contributed by atoms with E-state index in [0.717, 1.165) is 16.9 Å². The predicted molar refractivity (Wildman–Crippen MR) is 142 cm³/mol. The molecule has 10 heteroatoms. The lowest BCUT2D eigenvalue weighted by atomic mass is 9.79. The van der Waals surface area contributed by atoms with Gasteiger partial charge >= 0.3 is 0 Å². The molecule has 5 rings (SSSR count). The van der Waals surface area contributed by atoms with Crippen LogP contribution < -0.4 is 15.3 Å². The van der Waals surface area contributed by atoms with Crippen LogP contribution in [0.4, 0.5) is 30.2 Å². The zero-order valence-corrected chi connectivity index (χ0v) is 21.6. The number of nitrogens with zero attached hydrogens (tertiary/aromatic N) is 3. The summed E-state index contributed by atoms with van der Waals surface area (Å²) in [5, 5.41) is 12.2. The Morgan fingerprint density at radius 1 is 1.21 bits per heavy atom. The molecule has 2 aromatic carbocycles. The van der Waals surface area contributed by atoms with Crippen molar-refractivity contribution in [1.29, 1.82) is 0 Å². The normalized spacial score (nSPS) is 26.3. The zero-order valence-electron chi connectivity index (χ0n) is 20.9. The number of alkyl halides is 2. The van der Waals surface area contributed by atoms with Crippen molar-refractivity contribution < 1.29 is 23.1 Å². The molecule has 1 fully saturated rings. The van der Waals surface area contributed by atoms with Crippen molar-refractivity contribution in [3.8, 4) is 0 Å². The Morgan fingerprint density at radius 3 is 2.63 bits per heavy atom. The zero-order chi connectivity index (χ0) is 27.2. The Kier molecular flexibility index (Phi) is 7.11. The van der Waals surface area contributed by atoms with Crippen molar-refractivity contribution in [3.63, 3.8) is 0 Å². The maximum Gasteiger partial charge on any atom is 0.290 e. The molecular weight excluding hydrogens is 517 g/mol. The first-order chi connectivity index (χ1) is 18.0. The summed E-state index contributed by atoms with van der Waals surface area (Å²) in [6.07, 6.45) is 4.82. The maximum absolute atomic E-state index is 13.6. The number of amides is 1. The molecule has 4 unspecified atom stereocenters. The molecule has 6 nitrogen and oxygen atoms in total. The van der Waals surface area contributed by atoms with E-state index in [-0.39, 0.29) is 30.0 Å². The molecule has 1 amide bonds. The second-order valence-corrected chi connectivity index (χ2v) is 10.5. The molecule has 1 aliphatic carbocycles. The highest BCUT2D eigenvalue weighted by atomic mass is 35.5. The van der Waals surface area contributed by atoms with Gasteiger partial charge < -0.3 is 10.0 Å². The molecule has 0 saturated carbocycles. The Hall–Kier alpha value is -3.14. The van der Waals surface area contributed by atoms with Crippen molar-refractivity contribution in [2.75, 3.05) is 9.91 Å². The van der Waals surface area contributed by atoms with Crippen LogP contribution in [0.1, 0.15) is 25.8 Å². The van der Waals surface area contributed by atoms with Gasteiger partial charge in [0.05, 0.1) is 17.4 Å². The fourth-order valence-corrected chi connectivity index (χ4v) is 5.56. The smallest absolute Gasteiger partial charge is 0.290 e. The summed E-state index contributed by atoms with van der Waals surface area (Å²) in [5.41, 5.74) is 6.56. The van der Waals surface area contributed by atoms with E-state index in [9.17, 15) is 23.1 Å². The van der Waals surface area contributed by atoms with E-state index in [1.807, 2.05) is 42.3 Å². The third-order valence-electron chi connectivity index (χ3n) is 7.29. The summed E-state index contributed by atoms with van der Waals surface area (Å²) in [5.74, 6) is -4.58. The fourth-order valence-electron chi connectivity index (χ4n) is 5.34. The quantitative estimate of drug-likeness (QED) is 0.458. The summed E-state index contributed by atoms with van der Waals surface area (Å²) in [6, 6.07) is 11.4. The number of benzene rings is 2. The van der Waals surface area contributed by atoms with Gasteiger partial charge in [0, 0.05) is 48.7 Å². The molecule has 0 aromatic heterocycles. The van der Waals surface area contributed by atoms with Crippen molar-refractivity contribution >= 4 is 40.8 Å². The highest BCUT2D eigenvalue weighted by Gasteiger charge is 2.46. The van der Waals surface area contributed by atoms with Gasteiger partial charge in [0.25, 0.3) is 5.92 Å². The number of fused-ring (bicyclic) bond motifs is 1. The van der Waals surface area contributed by atoms with Gasteiger partial charge in [-0.3, -0.25) is 14.8 Å². The second kappa shape index (κ2) is 10.2. The number of carbonyl (C=O) groups excluding carboxylic acids is 1. The standard InChI is InChI=1S/C28H28ClF3N4O2/c1-16-3-4-19(29)13-23(16)26-18(14-33-27(38)28(2,31)32)12-25(37)35(26)22-9-10-24-17(11-22)15-34-36(24)21-7-5-20(30)6-8-21/h3-11,13-14,16,18,23,26-27,34,38H,12,15H2,1-2H3/t16?,18?,23?,26-,27?/m0/s1.